The molecule has 0 spiro atoms. The summed E-state index contributed by atoms with van der Waals surface area (Å²) >= 11 is 0. The van der Waals surface area contributed by atoms with E-state index < -0.39 is 12.8 Å². The molecule has 0 bridgehead atoms. The molecule has 106 valence electrons. The first-order valence-corrected chi connectivity index (χ1v) is 5.86. The molecule has 0 atom stereocenters. The average Bonchev–Trinajstić information content (AvgIpc) is 2.35. The molecule has 2 N–H and O–H groups in total. The van der Waals surface area contributed by atoms with E-state index in [9.17, 15) is 13.2 Å². The number of aryl methyl sites for hydroxylation is 1. The highest BCUT2D eigenvalue weighted by molar-refractivity contribution is 5.72. The van der Waals surface area contributed by atoms with Crippen LogP contribution in [0.3, 0.4) is 0 Å². The number of pyridine rings is 1. The van der Waals surface area contributed by atoms with Gasteiger partial charge >= 0.3 is 6.18 Å². The summed E-state index contributed by atoms with van der Waals surface area (Å²) in [5.74, 6) is 0.0923. The maximum Gasteiger partial charge on any atom is 0.422 e. The Morgan fingerprint density at radius 1 is 1.20 bits per heavy atom. The van der Waals surface area contributed by atoms with E-state index in [1.807, 2.05) is 13.0 Å². The fourth-order valence-corrected chi connectivity index (χ4v) is 1.76. The molecule has 0 amide bonds. The number of benzene rings is 1. The maximum absolute atomic E-state index is 12.3. The SMILES string of the molecule is Cc1cncc(-c2ccc(N)cc2OCC(F)(F)F)c1. The van der Waals surface area contributed by atoms with Crippen LogP contribution in [0.2, 0.25) is 0 Å². The second-order valence-corrected chi connectivity index (χ2v) is 4.41. The van der Waals surface area contributed by atoms with E-state index in [1.165, 1.54) is 6.07 Å². The summed E-state index contributed by atoms with van der Waals surface area (Å²) < 4.78 is 41.7. The molecule has 0 aliphatic rings. The number of rotatable bonds is 3. The van der Waals surface area contributed by atoms with Gasteiger partial charge in [-0.2, -0.15) is 13.2 Å². The van der Waals surface area contributed by atoms with Gasteiger partial charge in [0.15, 0.2) is 6.61 Å². The molecule has 3 nitrogen and oxygen atoms in total. The monoisotopic (exact) mass is 282 g/mol. The predicted molar refractivity (Wildman–Crippen MR) is 70.4 cm³/mol. The molecular weight excluding hydrogens is 269 g/mol. The first-order valence-electron chi connectivity index (χ1n) is 5.86. The molecule has 2 aromatic rings. The molecule has 2 rings (SSSR count). The van der Waals surface area contributed by atoms with E-state index in [4.69, 9.17) is 10.5 Å². The van der Waals surface area contributed by atoms with E-state index in [-0.39, 0.29) is 5.75 Å². The fraction of sp³-hybridized carbons (Fsp3) is 0.214. The number of anilines is 1. The molecule has 1 aromatic carbocycles. The minimum absolute atomic E-state index is 0.0923. The number of nitrogens with two attached hydrogens (primary N) is 1. The van der Waals surface area contributed by atoms with E-state index >= 15 is 0 Å². The highest BCUT2D eigenvalue weighted by Crippen LogP contribution is 2.33. The lowest BCUT2D eigenvalue weighted by molar-refractivity contribution is -0.153. The van der Waals surface area contributed by atoms with E-state index in [1.54, 1.807) is 24.5 Å². The molecule has 6 heteroatoms. The Balaban J connectivity index is 2.38. The lowest BCUT2D eigenvalue weighted by atomic mass is 10.0. The summed E-state index contributed by atoms with van der Waals surface area (Å²) in [5, 5.41) is 0. The second kappa shape index (κ2) is 5.40. The molecule has 0 aliphatic carbocycles. The summed E-state index contributed by atoms with van der Waals surface area (Å²) in [6.45, 7) is 0.493. The van der Waals surface area contributed by atoms with Crippen LogP contribution in [0.1, 0.15) is 5.56 Å². The molecule has 20 heavy (non-hydrogen) atoms. The molecule has 0 aliphatic heterocycles. The Morgan fingerprint density at radius 2 is 1.95 bits per heavy atom. The van der Waals surface area contributed by atoms with Crippen LogP contribution >= 0.6 is 0 Å². The zero-order valence-corrected chi connectivity index (χ0v) is 10.7. The fourth-order valence-electron chi connectivity index (χ4n) is 1.76. The van der Waals surface area contributed by atoms with Gasteiger partial charge in [-0.1, -0.05) is 0 Å². The van der Waals surface area contributed by atoms with Crippen molar-refractivity contribution in [3.8, 4) is 16.9 Å². The largest absolute Gasteiger partial charge is 0.483 e. The lowest BCUT2D eigenvalue weighted by Crippen LogP contribution is -2.19. The number of nitrogens with zero attached hydrogens (tertiary/aromatic N) is 1. The third-order valence-electron chi connectivity index (χ3n) is 2.58. The molecule has 0 unspecified atom stereocenters. The Morgan fingerprint density at radius 3 is 2.60 bits per heavy atom. The van der Waals surface area contributed by atoms with Gasteiger partial charge in [-0.05, 0) is 30.7 Å². The van der Waals surface area contributed by atoms with Gasteiger partial charge in [-0.3, -0.25) is 4.98 Å². The van der Waals surface area contributed by atoms with Crippen molar-refractivity contribution in [2.24, 2.45) is 0 Å². The van der Waals surface area contributed by atoms with Gasteiger partial charge in [-0.25, -0.2) is 0 Å². The smallest absolute Gasteiger partial charge is 0.422 e. The number of halogens is 3. The average molecular weight is 282 g/mol. The first-order chi connectivity index (χ1) is 9.35. The number of alkyl halides is 3. The van der Waals surface area contributed by atoms with Gasteiger partial charge < -0.3 is 10.5 Å². The minimum Gasteiger partial charge on any atom is -0.483 e. The van der Waals surface area contributed by atoms with Crippen LogP contribution in [0, 0.1) is 6.92 Å². The van der Waals surface area contributed by atoms with Crippen molar-refractivity contribution in [2.45, 2.75) is 13.1 Å². The Hall–Kier alpha value is -2.24. The van der Waals surface area contributed by atoms with Crippen LogP contribution in [0.5, 0.6) is 5.75 Å². The van der Waals surface area contributed by atoms with Crippen molar-refractivity contribution in [1.29, 1.82) is 0 Å². The van der Waals surface area contributed by atoms with Crippen LogP contribution in [-0.4, -0.2) is 17.8 Å². The number of hydrogen-bond acceptors (Lipinski definition) is 3. The summed E-state index contributed by atoms with van der Waals surface area (Å²) in [6, 6.07) is 6.43. The topological polar surface area (TPSA) is 48.1 Å². The van der Waals surface area contributed by atoms with Crippen LogP contribution in [-0.2, 0) is 0 Å². The molecule has 0 saturated heterocycles. The standard InChI is InChI=1S/C14H13F3N2O/c1-9-4-10(7-19-6-9)12-3-2-11(18)5-13(12)20-8-14(15,16)17/h2-7H,8,18H2,1H3. The highest BCUT2D eigenvalue weighted by Gasteiger charge is 2.29. The summed E-state index contributed by atoms with van der Waals surface area (Å²) in [6.07, 6.45) is -1.16. The predicted octanol–water partition coefficient (Wildman–Crippen LogP) is 3.58. The van der Waals surface area contributed by atoms with E-state index in [0.29, 0.717) is 16.8 Å². The molecule has 0 saturated carbocycles. The quantitative estimate of drug-likeness (QED) is 0.875. The minimum atomic E-state index is -4.40. The Kier molecular flexibility index (Phi) is 3.83. The lowest BCUT2D eigenvalue weighted by Gasteiger charge is -2.14. The molecule has 0 fully saturated rings. The zero-order chi connectivity index (χ0) is 14.8. The van der Waals surface area contributed by atoms with Gasteiger partial charge in [0, 0.05) is 35.3 Å². The van der Waals surface area contributed by atoms with Crippen LogP contribution in [0.4, 0.5) is 18.9 Å². The summed E-state index contributed by atoms with van der Waals surface area (Å²) in [7, 11) is 0. The number of hydrogen-bond donors (Lipinski definition) is 1. The van der Waals surface area contributed by atoms with Crippen LogP contribution < -0.4 is 10.5 Å². The maximum atomic E-state index is 12.3. The summed E-state index contributed by atoms with van der Waals surface area (Å²) in [5.41, 5.74) is 8.05. The molecular formula is C14H13F3N2O. The van der Waals surface area contributed by atoms with Gasteiger partial charge in [-0.15, -0.1) is 0 Å². The highest BCUT2D eigenvalue weighted by atomic mass is 19.4. The van der Waals surface area contributed by atoms with E-state index in [2.05, 4.69) is 4.98 Å². The van der Waals surface area contributed by atoms with Gasteiger partial charge in [0.25, 0.3) is 0 Å². The van der Waals surface area contributed by atoms with Gasteiger partial charge in [0.2, 0.25) is 0 Å². The van der Waals surface area contributed by atoms with Crippen molar-refractivity contribution < 1.29 is 17.9 Å². The third kappa shape index (κ3) is 3.63. The Bertz CT molecular complexity index is 612. The normalized spacial score (nSPS) is 11.4. The van der Waals surface area contributed by atoms with E-state index in [0.717, 1.165) is 5.56 Å². The van der Waals surface area contributed by atoms with Crippen molar-refractivity contribution in [3.63, 3.8) is 0 Å². The van der Waals surface area contributed by atoms with Crippen molar-refractivity contribution >= 4 is 5.69 Å². The molecule has 1 heterocycles. The third-order valence-corrected chi connectivity index (χ3v) is 2.58. The van der Waals surface area contributed by atoms with Gasteiger partial charge in [0.05, 0.1) is 0 Å². The molecule has 0 radical (unpaired) electrons. The van der Waals surface area contributed by atoms with Crippen LogP contribution in [0.15, 0.2) is 36.7 Å². The number of nitrogen functional groups attached to an aromatic ring is 1. The molecule has 1 aromatic heterocycles. The number of ether oxygens (including phenoxy) is 1. The van der Waals surface area contributed by atoms with Crippen molar-refractivity contribution in [3.05, 3.63) is 42.2 Å². The van der Waals surface area contributed by atoms with Gasteiger partial charge in [0.1, 0.15) is 5.75 Å². The number of aromatic nitrogens is 1. The van der Waals surface area contributed by atoms with Crippen molar-refractivity contribution in [1.82, 2.24) is 4.98 Å². The van der Waals surface area contributed by atoms with Crippen molar-refractivity contribution in [2.75, 3.05) is 12.3 Å². The zero-order valence-electron chi connectivity index (χ0n) is 10.7. The first kappa shape index (κ1) is 14.2. The second-order valence-electron chi connectivity index (χ2n) is 4.41. The summed E-state index contributed by atoms with van der Waals surface area (Å²) in [4.78, 5) is 4.02. The van der Waals surface area contributed by atoms with Crippen LogP contribution in [0.25, 0.3) is 11.1 Å². The Labute approximate surface area is 114 Å².